The van der Waals surface area contributed by atoms with Crippen molar-refractivity contribution >= 4 is 29.6 Å². The summed E-state index contributed by atoms with van der Waals surface area (Å²) in [6.45, 7) is -0.328. The van der Waals surface area contributed by atoms with Crippen molar-refractivity contribution in [2.75, 3.05) is 18.9 Å². The number of halogens is 2. The zero-order chi connectivity index (χ0) is 27.5. The highest BCUT2D eigenvalue weighted by molar-refractivity contribution is 6.10. The number of amides is 6. The van der Waals surface area contributed by atoms with Crippen molar-refractivity contribution in [1.82, 2.24) is 20.4 Å². The van der Waals surface area contributed by atoms with Crippen LogP contribution in [-0.2, 0) is 34.5 Å². The van der Waals surface area contributed by atoms with Gasteiger partial charge in [0.2, 0.25) is 5.91 Å². The SMILES string of the molecule is CNC(=O)Nc1ccc2c(c1)CC[C@@]21NC(=O)N(CC(=O)N2Cc3cc(F)c(F)cc3CCC2C2CC2)C1=O. The Morgan fingerprint density at radius 3 is 2.49 bits per heavy atom. The minimum Gasteiger partial charge on any atom is -0.341 e. The highest BCUT2D eigenvalue weighted by Gasteiger charge is 2.56. The number of aryl methyl sites for hydroxylation is 2. The van der Waals surface area contributed by atoms with Gasteiger partial charge in [0, 0.05) is 25.3 Å². The molecule has 6 amide bonds. The third kappa shape index (κ3) is 4.29. The molecule has 2 aliphatic carbocycles. The zero-order valence-corrected chi connectivity index (χ0v) is 21.5. The van der Waals surface area contributed by atoms with Crippen LogP contribution in [0.3, 0.4) is 0 Å². The second-order valence-corrected chi connectivity index (χ2v) is 10.8. The van der Waals surface area contributed by atoms with E-state index in [1.54, 1.807) is 23.1 Å². The van der Waals surface area contributed by atoms with E-state index in [-0.39, 0.29) is 18.6 Å². The van der Waals surface area contributed by atoms with Gasteiger partial charge in [0.25, 0.3) is 5.91 Å². The summed E-state index contributed by atoms with van der Waals surface area (Å²) in [6, 6.07) is 6.40. The molecule has 2 aromatic rings. The summed E-state index contributed by atoms with van der Waals surface area (Å²) < 4.78 is 28.0. The van der Waals surface area contributed by atoms with Gasteiger partial charge in [-0.1, -0.05) is 6.07 Å². The molecule has 2 aromatic carbocycles. The number of imide groups is 1. The third-order valence-corrected chi connectivity index (χ3v) is 8.47. The van der Waals surface area contributed by atoms with Crippen molar-refractivity contribution in [3.8, 4) is 0 Å². The molecule has 39 heavy (non-hydrogen) atoms. The van der Waals surface area contributed by atoms with Gasteiger partial charge in [0.15, 0.2) is 11.6 Å². The van der Waals surface area contributed by atoms with Crippen molar-refractivity contribution in [2.24, 2.45) is 5.92 Å². The predicted octanol–water partition coefficient (Wildman–Crippen LogP) is 3.16. The van der Waals surface area contributed by atoms with Crippen molar-refractivity contribution in [1.29, 1.82) is 0 Å². The summed E-state index contributed by atoms with van der Waals surface area (Å²) in [5.41, 5.74) is 2.01. The van der Waals surface area contributed by atoms with Gasteiger partial charge in [0.05, 0.1) is 0 Å². The summed E-state index contributed by atoms with van der Waals surface area (Å²) in [6.07, 6.45) is 3.92. The van der Waals surface area contributed by atoms with Crippen LogP contribution in [0.15, 0.2) is 30.3 Å². The van der Waals surface area contributed by atoms with E-state index in [1.165, 1.54) is 13.1 Å². The molecule has 1 saturated carbocycles. The molecule has 3 N–H and O–H groups in total. The number of anilines is 1. The first-order chi connectivity index (χ1) is 18.7. The maximum absolute atomic E-state index is 14.1. The van der Waals surface area contributed by atoms with Crippen molar-refractivity contribution in [3.05, 3.63) is 64.2 Å². The molecule has 11 heteroatoms. The zero-order valence-electron chi connectivity index (χ0n) is 21.5. The van der Waals surface area contributed by atoms with Crippen molar-refractivity contribution < 1.29 is 28.0 Å². The quantitative estimate of drug-likeness (QED) is 0.521. The number of urea groups is 2. The topological polar surface area (TPSA) is 111 Å². The average molecular weight is 538 g/mol. The first kappa shape index (κ1) is 25.3. The third-order valence-electron chi connectivity index (χ3n) is 8.47. The normalized spacial score (nSPS) is 23.8. The van der Waals surface area contributed by atoms with Gasteiger partial charge in [-0.2, -0.15) is 0 Å². The molecular weight excluding hydrogens is 508 g/mol. The number of hydrogen-bond acceptors (Lipinski definition) is 4. The molecule has 2 heterocycles. The molecule has 0 aromatic heterocycles. The van der Waals surface area contributed by atoms with Crippen LogP contribution in [0.2, 0.25) is 0 Å². The molecule has 1 spiro atoms. The first-order valence-corrected chi connectivity index (χ1v) is 13.2. The maximum Gasteiger partial charge on any atom is 0.325 e. The van der Waals surface area contributed by atoms with Crippen LogP contribution in [-0.4, -0.2) is 53.3 Å². The second-order valence-electron chi connectivity index (χ2n) is 10.8. The van der Waals surface area contributed by atoms with Gasteiger partial charge in [-0.25, -0.2) is 18.4 Å². The predicted molar refractivity (Wildman–Crippen MR) is 137 cm³/mol. The van der Waals surface area contributed by atoms with Gasteiger partial charge in [-0.3, -0.25) is 14.5 Å². The largest absolute Gasteiger partial charge is 0.341 e. The fourth-order valence-electron chi connectivity index (χ4n) is 6.31. The first-order valence-electron chi connectivity index (χ1n) is 13.2. The van der Waals surface area contributed by atoms with Crippen molar-refractivity contribution in [3.63, 3.8) is 0 Å². The van der Waals surface area contributed by atoms with Crippen LogP contribution < -0.4 is 16.0 Å². The number of hydrogen-bond donors (Lipinski definition) is 3. The number of nitrogens with zero attached hydrogens (tertiary/aromatic N) is 2. The van der Waals surface area contributed by atoms with Crippen LogP contribution in [0.1, 0.15) is 47.9 Å². The molecule has 1 saturated heterocycles. The molecule has 4 aliphatic rings. The number of nitrogens with one attached hydrogen (secondary N) is 3. The number of fused-ring (bicyclic) bond motifs is 3. The molecule has 2 aliphatic heterocycles. The lowest BCUT2D eigenvalue weighted by Crippen LogP contribution is -2.48. The van der Waals surface area contributed by atoms with E-state index in [9.17, 15) is 28.0 Å². The van der Waals surface area contributed by atoms with Gasteiger partial charge in [-0.15, -0.1) is 0 Å². The lowest BCUT2D eigenvalue weighted by Gasteiger charge is -2.31. The number of carbonyl (C=O) groups excluding carboxylic acids is 4. The Morgan fingerprint density at radius 1 is 1.03 bits per heavy atom. The van der Waals surface area contributed by atoms with Crippen LogP contribution >= 0.6 is 0 Å². The van der Waals surface area contributed by atoms with Crippen molar-refractivity contribution in [2.45, 2.75) is 56.7 Å². The lowest BCUT2D eigenvalue weighted by atomic mass is 9.91. The Bertz CT molecular complexity index is 1410. The van der Waals surface area contributed by atoms with Gasteiger partial charge >= 0.3 is 12.1 Å². The summed E-state index contributed by atoms with van der Waals surface area (Å²) in [5.74, 6) is -2.46. The van der Waals surface area contributed by atoms with Crippen LogP contribution in [0.4, 0.5) is 24.1 Å². The highest BCUT2D eigenvalue weighted by atomic mass is 19.2. The summed E-state index contributed by atoms with van der Waals surface area (Å²) in [5, 5.41) is 8.01. The van der Waals surface area contributed by atoms with Crippen LogP contribution in [0, 0.1) is 17.6 Å². The summed E-state index contributed by atoms with van der Waals surface area (Å²) in [7, 11) is 1.51. The number of carbonyl (C=O) groups is 4. The van der Waals surface area contributed by atoms with E-state index in [0.717, 1.165) is 29.4 Å². The fourth-order valence-corrected chi connectivity index (χ4v) is 6.31. The standard InChI is InChI=1S/C28H29F2N5O4/c1-31-26(38)32-19-5-6-20-17(10-19)8-9-28(20)25(37)35(27(39)33-28)14-24(36)34-13-18-12-22(30)21(29)11-16(18)4-7-23(34)15-2-3-15/h5-6,10-12,15,23H,2-4,7-9,13-14H2,1H3,(H,33,39)(H2,31,32,38)/t23?,28-/m1/s1. The van der Waals surface area contributed by atoms with E-state index >= 15 is 0 Å². The Kier molecular flexibility index (Phi) is 6.04. The lowest BCUT2D eigenvalue weighted by molar-refractivity contribution is -0.141. The smallest absolute Gasteiger partial charge is 0.325 e. The fraction of sp³-hybridized carbons (Fsp3) is 0.429. The Hall–Kier alpha value is -4.02. The van der Waals surface area contributed by atoms with E-state index in [2.05, 4.69) is 16.0 Å². The molecule has 9 nitrogen and oxygen atoms in total. The molecule has 0 bridgehead atoms. The molecular formula is C28H29F2N5O4. The Balaban J connectivity index is 1.23. The molecule has 204 valence electrons. The molecule has 1 unspecified atom stereocenters. The monoisotopic (exact) mass is 537 g/mol. The summed E-state index contributed by atoms with van der Waals surface area (Å²) >= 11 is 0. The maximum atomic E-state index is 14.1. The van der Waals surface area contributed by atoms with E-state index in [1.807, 2.05) is 0 Å². The number of benzene rings is 2. The van der Waals surface area contributed by atoms with Crippen LogP contribution in [0.25, 0.3) is 0 Å². The minimum absolute atomic E-state index is 0.102. The Morgan fingerprint density at radius 2 is 1.77 bits per heavy atom. The molecule has 6 rings (SSSR count). The van der Waals surface area contributed by atoms with E-state index < -0.39 is 41.6 Å². The van der Waals surface area contributed by atoms with E-state index in [4.69, 9.17) is 0 Å². The second kappa shape index (κ2) is 9.32. The average Bonchev–Trinajstić information content (AvgIpc) is 3.68. The van der Waals surface area contributed by atoms with Gasteiger partial charge in [0.1, 0.15) is 12.1 Å². The van der Waals surface area contributed by atoms with E-state index in [0.29, 0.717) is 54.0 Å². The highest BCUT2D eigenvalue weighted by Crippen LogP contribution is 2.43. The minimum atomic E-state index is -1.26. The molecule has 0 radical (unpaired) electrons. The van der Waals surface area contributed by atoms with Gasteiger partial charge in [-0.05, 0) is 91.0 Å². The molecule has 2 fully saturated rings. The van der Waals surface area contributed by atoms with Gasteiger partial charge < -0.3 is 20.9 Å². The summed E-state index contributed by atoms with van der Waals surface area (Å²) in [4.78, 5) is 54.7. The number of rotatable bonds is 4. The van der Waals surface area contributed by atoms with Crippen LogP contribution in [0.5, 0.6) is 0 Å². The molecule has 2 atom stereocenters. The Labute approximate surface area is 223 Å².